The van der Waals surface area contributed by atoms with Crippen LogP contribution in [0, 0.1) is 6.92 Å². The Morgan fingerprint density at radius 2 is 1.84 bits per heavy atom. The Morgan fingerprint density at radius 3 is 2.61 bits per heavy atom. The van der Waals surface area contributed by atoms with Crippen LogP contribution in [-0.2, 0) is 21.2 Å². The number of amides is 1. The highest BCUT2D eigenvalue weighted by molar-refractivity contribution is 7.93. The molecule has 11 heteroatoms. The van der Waals surface area contributed by atoms with Crippen LogP contribution in [0.2, 0.25) is 0 Å². The number of benzene rings is 2. The zero-order valence-electron chi connectivity index (χ0n) is 20.5. The van der Waals surface area contributed by atoms with E-state index in [2.05, 4.69) is 26.1 Å². The number of rotatable bonds is 8. The van der Waals surface area contributed by atoms with Crippen LogP contribution in [-0.4, -0.2) is 39.3 Å². The number of anilines is 2. The van der Waals surface area contributed by atoms with E-state index in [1.165, 1.54) is 0 Å². The van der Waals surface area contributed by atoms with Gasteiger partial charge in [0, 0.05) is 22.6 Å². The van der Waals surface area contributed by atoms with Crippen molar-refractivity contribution >= 4 is 48.9 Å². The standard InChI is InChI=1S/C27H24N6O3S2/c1-17-3-2-4-26(29-17)33-24(18-5-12-23-25(13-18)37-16-28-23)14-21(31-33)15-27(34)30-19-6-8-20(9-7-19)32-38(35,36)22-10-11-22/h2-9,12-14,16,22,32H,10-11,15H2,1H3,(H,30,34). The van der Waals surface area contributed by atoms with Gasteiger partial charge in [-0.3, -0.25) is 9.52 Å². The van der Waals surface area contributed by atoms with E-state index in [-0.39, 0.29) is 17.6 Å². The third kappa shape index (κ3) is 5.15. The van der Waals surface area contributed by atoms with Gasteiger partial charge in [-0.1, -0.05) is 12.1 Å². The Labute approximate surface area is 223 Å². The number of aromatic nitrogens is 4. The molecule has 3 aromatic heterocycles. The van der Waals surface area contributed by atoms with Gasteiger partial charge in [-0.2, -0.15) is 5.10 Å². The Balaban J connectivity index is 1.23. The van der Waals surface area contributed by atoms with Crippen LogP contribution in [0.15, 0.2) is 72.2 Å². The summed E-state index contributed by atoms with van der Waals surface area (Å²) in [5.74, 6) is 0.433. The monoisotopic (exact) mass is 544 g/mol. The number of carbonyl (C=O) groups is 1. The zero-order valence-corrected chi connectivity index (χ0v) is 22.1. The molecule has 5 aromatic rings. The molecule has 0 bridgehead atoms. The van der Waals surface area contributed by atoms with Crippen molar-refractivity contribution in [3.05, 3.63) is 83.6 Å². The lowest BCUT2D eigenvalue weighted by atomic mass is 10.1. The second-order valence-corrected chi connectivity index (χ2v) is 12.1. The maximum absolute atomic E-state index is 12.9. The molecule has 0 atom stereocenters. The molecule has 0 unspecified atom stereocenters. The van der Waals surface area contributed by atoms with Crippen LogP contribution < -0.4 is 10.0 Å². The Hall–Kier alpha value is -4.09. The molecule has 1 aliphatic rings. The Bertz CT molecular complexity index is 1760. The summed E-state index contributed by atoms with van der Waals surface area (Å²) in [7, 11) is -3.33. The molecule has 2 N–H and O–H groups in total. The summed E-state index contributed by atoms with van der Waals surface area (Å²) in [5.41, 5.74) is 7.04. The normalized spacial score (nSPS) is 13.5. The van der Waals surface area contributed by atoms with Crippen molar-refractivity contribution in [1.82, 2.24) is 19.7 Å². The quantitative estimate of drug-likeness (QED) is 0.286. The number of aryl methyl sites for hydroxylation is 1. The highest BCUT2D eigenvalue weighted by atomic mass is 32.2. The van der Waals surface area contributed by atoms with E-state index in [0.717, 1.165) is 27.2 Å². The van der Waals surface area contributed by atoms with Gasteiger partial charge < -0.3 is 5.32 Å². The fraction of sp³-hybridized carbons (Fsp3) is 0.185. The lowest BCUT2D eigenvalue weighted by molar-refractivity contribution is -0.115. The van der Waals surface area contributed by atoms with Crippen molar-refractivity contribution in [3.63, 3.8) is 0 Å². The van der Waals surface area contributed by atoms with Crippen LogP contribution in [0.3, 0.4) is 0 Å². The highest BCUT2D eigenvalue weighted by Crippen LogP contribution is 2.30. The van der Waals surface area contributed by atoms with E-state index in [1.54, 1.807) is 40.3 Å². The van der Waals surface area contributed by atoms with Gasteiger partial charge in [0.25, 0.3) is 0 Å². The summed E-state index contributed by atoms with van der Waals surface area (Å²) in [6.45, 7) is 1.92. The predicted octanol–water partition coefficient (Wildman–Crippen LogP) is 4.94. The number of nitrogens with zero attached hydrogens (tertiary/aromatic N) is 4. The first-order valence-electron chi connectivity index (χ1n) is 12.1. The molecule has 1 fully saturated rings. The smallest absolute Gasteiger partial charge is 0.235 e. The lowest BCUT2D eigenvalue weighted by Gasteiger charge is -2.08. The molecular formula is C27H24N6O3S2. The maximum Gasteiger partial charge on any atom is 0.235 e. The average Bonchev–Trinajstić information content (AvgIpc) is 3.53. The molecule has 0 spiro atoms. The molecule has 0 aliphatic heterocycles. The molecule has 3 heterocycles. The van der Waals surface area contributed by atoms with Crippen molar-refractivity contribution in [3.8, 4) is 17.1 Å². The van der Waals surface area contributed by atoms with Crippen LogP contribution in [0.25, 0.3) is 27.3 Å². The summed E-state index contributed by atoms with van der Waals surface area (Å²) in [4.78, 5) is 21.9. The predicted molar refractivity (Wildman–Crippen MR) is 149 cm³/mol. The summed E-state index contributed by atoms with van der Waals surface area (Å²) in [6, 6.07) is 20.3. The topological polar surface area (TPSA) is 119 Å². The van der Waals surface area contributed by atoms with Gasteiger partial charge >= 0.3 is 0 Å². The minimum absolute atomic E-state index is 0.0602. The van der Waals surface area contributed by atoms with Gasteiger partial charge in [0.05, 0.1) is 38.8 Å². The fourth-order valence-corrected chi connectivity index (χ4v) is 6.28. The van der Waals surface area contributed by atoms with Crippen molar-refractivity contribution in [2.24, 2.45) is 0 Å². The molecular weight excluding hydrogens is 520 g/mol. The first-order valence-corrected chi connectivity index (χ1v) is 14.5. The third-order valence-electron chi connectivity index (χ3n) is 6.21. The first kappa shape index (κ1) is 24.3. The molecule has 38 heavy (non-hydrogen) atoms. The van der Waals surface area contributed by atoms with Crippen molar-refractivity contribution in [2.75, 3.05) is 10.0 Å². The van der Waals surface area contributed by atoms with Gasteiger partial charge in [-0.15, -0.1) is 11.3 Å². The Kier molecular flexibility index (Phi) is 6.16. The number of hydrogen-bond acceptors (Lipinski definition) is 7. The van der Waals surface area contributed by atoms with Crippen LogP contribution in [0.5, 0.6) is 0 Å². The number of carbonyl (C=O) groups excluding carboxylic acids is 1. The van der Waals surface area contributed by atoms with Gasteiger partial charge in [-0.05, 0) is 74.4 Å². The van der Waals surface area contributed by atoms with Gasteiger partial charge in [0.1, 0.15) is 0 Å². The van der Waals surface area contributed by atoms with Crippen molar-refractivity contribution in [1.29, 1.82) is 0 Å². The number of nitrogens with one attached hydrogen (secondary N) is 2. The SMILES string of the molecule is Cc1cccc(-n2nc(CC(=O)Nc3ccc(NS(=O)(=O)C4CC4)cc3)cc2-c2ccc3ncsc3c2)n1. The second-order valence-electron chi connectivity index (χ2n) is 9.25. The molecule has 9 nitrogen and oxygen atoms in total. The number of fused-ring (bicyclic) bond motifs is 1. The first-order chi connectivity index (χ1) is 18.3. The number of pyridine rings is 1. The minimum atomic E-state index is -3.33. The molecule has 6 rings (SSSR count). The van der Waals surface area contributed by atoms with E-state index < -0.39 is 10.0 Å². The van der Waals surface area contributed by atoms with E-state index in [4.69, 9.17) is 5.10 Å². The fourth-order valence-electron chi connectivity index (χ4n) is 4.18. The second kappa shape index (κ2) is 9.66. The molecule has 1 saturated carbocycles. The van der Waals surface area contributed by atoms with Crippen LogP contribution in [0.1, 0.15) is 24.2 Å². The summed E-state index contributed by atoms with van der Waals surface area (Å²) < 4.78 is 29.7. The highest BCUT2D eigenvalue weighted by Gasteiger charge is 2.35. The summed E-state index contributed by atoms with van der Waals surface area (Å²) in [6.07, 6.45) is 1.45. The van der Waals surface area contributed by atoms with E-state index in [0.29, 0.717) is 35.7 Å². The summed E-state index contributed by atoms with van der Waals surface area (Å²) >= 11 is 1.57. The Morgan fingerprint density at radius 1 is 1.05 bits per heavy atom. The maximum atomic E-state index is 12.9. The van der Waals surface area contributed by atoms with Crippen molar-refractivity contribution in [2.45, 2.75) is 31.4 Å². The molecule has 1 amide bonds. The van der Waals surface area contributed by atoms with E-state index in [1.807, 2.05) is 48.8 Å². The average molecular weight is 545 g/mol. The lowest BCUT2D eigenvalue weighted by Crippen LogP contribution is -2.17. The van der Waals surface area contributed by atoms with E-state index >= 15 is 0 Å². The molecule has 0 saturated heterocycles. The number of sulfonamides is 1. The van der Waals surface area contributed by atoms with Gasteiger partial charge in [0.15, 0.2) is 5.82 Å². The largest absolute Gasteiger partial charge is 0.326 e. The number of thiazole rings is 1. The molecule has 2 aromatic carbocycles. The number of hydrogen-bond donors (Lipinski definition) is 2. The van der Waals surface area contributed by atoms with E-state index in [9.17, 15) is 13.2 Å². The van der Waals surface area contributed by atoms with Crippen LogP contribution >= 0.6 is 11.3 Å². The zero-order chi connectivity index (χ0) is 26.3. The molecule has 1 aliphatic carbocycles. The van der Waals surface area contributed by atoms with Crippen molar-refractivity contribution < 1.29 is 13.2 Å². The van der Waals surface area contributed by atoms with Crippen LogP contribution in [0.4, 0.5) is 11.4 Å². The van der Waals surface area contributed by atoms with Gasteiger partial charge in [-0.25, -0.2) is 23.1 Å². The van der Waals surface area contributed by atoms with Gasteiger partial charge in [0.2, 0.25) is 15.9 Å². The third-order valence-corrected chi connectivity index (χ3v) is 8.87. The summed E-state index contributed by atoms with van der Waals surface area (Å²) in [5, 5.41) is 7.29. The minimum Gasteiger partial charge on any atom is -0.326 e. The molecule has 192 valence electrons. The molecule has 0 radical (unpaired) electrons.